The van der Waals surface area contributed by atoms with Gasteiger partial charge in [-0.05, 0) is 30.2 Å². The molecule has 3 aromatic rings. The van der Waals surface area contributed by atoms with Gasteiger partial charge in [0.1, 0.15) is 12.4 Å². The first-order valence-electron chi connectivity index (χ1n) is 7.21. The quantitative estimate of drug-likeness (QED) is 0.781. The Morgan fingerprint density at radius 2 is 1.90 bits per heavy atom. The highest BCUT2D eigenvalue weighted by molar-refractivity contribution is 5.81. The lowest BCUT2D eigenvalue weighted by molar-refractivity contribution is 0.301. The van der Waals surface area contributed by atoms with Crippen molar-refractivity contribution >= 4 is 17.0 Å². The van der Waals surface area contributed by atoms with E-state index in [1.54, 1.807) is 0 Å². The summed E-state index contributed by atoms with van der Waals surface area (Å²) >= 11 is 0. The molecule has 0 atom stereocenters. The topological polar surface area (TPSA) is 53.1 Å². The van der Waals surface area contributed by atoms with Gasteiger partial charge in [0.15, 0.2) is 0 Å². The summed E-state index contributed by atoms with van der Waals surface area (Å²) in [5.74, 6) is 1.42. The predicted octanol–water partition coefficient (Wildman–Crippen LogP) is 3.26. The van der Waals surface area contributed by atoms with Crippen LogP contribution in [0.15, 0.2) is 48.5 Å². The predicted molar refractivity (Wildman–Crippen MR) is 85.5 cm³/mol. The highest BCUT2D eigenvalue weighted by Gasteiger charge is 2.11. The number of hydrogen-bond acceptors (Lipinski definition) is 3. The van der Waals surface area contributed by atoms with E-state index in [-0.39, 0.29) is 0 Å². The van der Waals surface area contributed by atoms with E-state index in [1.165, 1.54) is 5.56 Å². The second-order valence-electron chi connectivity index (χ2n) is 4.92. The molecular weight excluding hydrogens is 262 g/mol. The number of aryl methyl sites for hydroxylation is 1. The fraction of sp³-hybridized carbons (Fsp3) is 0.235. The number of anilines is 1. The minimum atomic E-state index is 0.544. The monoisotopic (exact) mass is 281 g/mol. The van der Waals surface area contributed by atoms with Crippen LogP contribution in [0.4, 0.5) is 5.95 Å². The Labute approximate surface area is 124 Å². The molecule has 0 aliphatic carbocycles. The van der Waals surface area contributed by atoms with E-state index in [9.17, 15) is 0 Å². The van der Waals surface area contributed by atoms with Crippen molar-refractivity contribution in [1.29, 1.82) is 0 Å². The van der Waals surface area contributed by atoms with E-state index < -0.39 is 0 Å². The van der Waals surface area contributed by atoms with Crippen LogP contribution in [0, 0.1) is 0 Å². The number of benzene rings is 2. The molecule has 4 heteroatoms. The SMILES string of the molecule is CCc1cccc2nc(N)n(CCOc3ccccc3)c12. The van der Waals surface area contributed by atoms with E-state index >= 15 is 0 Å². The number of imidazole rings is 1. The van der Waals surface area contributed by atoms with Gasteiger partial charge in [-0.3, -0.25) is 0 Å². The number of hydrogen-bond donors (Lipinski definition) is 1. The van der Waals surface area contributed by atoms with Crippen LogP contribution in [0.1, 0.15) is 12.5 Å². The zero-order chi connectivity index (χ0) is 14.7. The smallest absolute Gasteiger partial charge is 0.201 e. The Morgan fingerprint density at radius 3 is 2.67 bits per heavy atom. The summed E-state index contributed by atoms with van der Waals surface area (Å²) in [6, 6.07) is 16.0. The molecule has 0 saturated heterocycles. The molecule has 2 aromatic carbocycles. The number of nitrogens with zero attached hydrogens (tertiary/aromatic N) is 2. The minimum absolute atomic E-state index is 0.544. The summed E-state index contributed by atoms with van der Waals surface area (Å²) in [7, 11) is 0. The standard InChI is InChI=1S/C17H19N3O/c1-2-13-7-6-10-15-16(13)20(17(18)19-15)11-12-21-14-8-4-3-5-9-14/h3-10H,2,11-12H2,1H3,(H2,18,19). The van der Waals surface area contributed by atoms with E-state index in [4.69, 9.17) is 10.5 Å². The molecule has 1 aromatic heterocycles. The van der Waals surface area contributed by atoms with Crippen molar-refractivity contribution in [1.82, 2.24) is 9.55 Å². The van der Waals surface area contributed by atoms with Crippen molar-refractivity contribution < 1.29 is 4.74 Å². The molecule has 0 spiro atoms. The van der Waals surface area contributed by atoms with Crippen molar-refractivity contribution in [2.45, 2.75) is 19.9 Å². The van der Waals surface area contributed by atoms with Gasteiger partial charge in [-0.25, -0.2) is 4.98 Å². The largest absolute Gasteiger partial charge is 0.492 e. The average molecular weight is 281 g/mol. The summed E-state index contributed by atoms with van der Waals surface area (Å²) in [4.78, 5) is 4.43. The summed E-state index contributed by atoms with van der Waals surface area (Å²) in [6.07, 6.45) is 0.960. The zero-order valence-corrected chi connectivity index (χ0v) is 12.1. The van der Waals surface area contributed by atoms with Gasteiger partial charge >= 0.3 is 0 Å². The van der Waals surface area contributed by atoms with E-state index in [1.807, 2.05) is 47.0 Å². The van der Waals surface area contributed by atoms with E-state index in [2.05, 4.69) is 18.0 Å². The van der Waals surface area contributed by atoms with Crippen LogP contribution in [0.2, 0.25) is 0 Å². The van der Waals surface area contributed by atoms with Crippen LogP contribution >= 0.6 is 0 Å². The Hall–Kier alpha value is -2.49. The van der Waals surface area contributed by atoms with Crippen LogP contribution < -0.4 is 10.5 Å². The lowest BCUT2D eigenvalue weighted by Crippen LogP contribution is -2.11. The van der Waals surface area contributed by atoms with Gasteiger partial charge in [-0.15, -0.1) is 0 Å². The summed E-state index contributed by atoms with van der Waals surface area (Å²) in [5, 5.41) is 0. The lowest BCUT2D eigenvalue weighted by Gasteiger charge is -2.10. The van der Waals surface area contributed by atoms with Crippen molar-refractivity contribution in [3.05, 3.63) is 54.1 Å². The first-order valence-corrected chi connectivity index (χ1v) is 7.21. The van der Waals surface area contributed by atoms with Crippen LogP contribution in [-0.4, -0.2) is 16.2 Å². The number of nitrogen functional groups attached to an aromatic ring is 1. The molecule has 0 saturated carbocycles. The minimum Gasteiger partial charge on any atom is -0.492 e. The van der Waals surface area contributed by atoms with Crippen LogP contribution in [0.25, 0.3) is 11.0 Å². The number of ether oxygens (including phenoxy) is 1. The van der Waals surface area contributed by atoms with Gasteiger partial charge in [0.2, 0.25) is 5.95 Å². The molecule has 4 nitrogen and oxygen atoms in total. The van der Waals surface area contributed by atoms with Gasteiger partial charge in [0.25, 0.3) is 0 Å². The molecule has 2 N–H and O–H groups in total. The molecule has 0 radical (unpaired) electrons. The maximum atomic E-state index is 6.05. The third-order valence-corrected chi connectivity index (χ3v) is 3.59. The van der Waals surface area contributed by atoms with Gasteiger partial charge in [-0.2, -0.15) is 0 Å². The summed E-state index contributed by atoms with van der Waals surface area (Å²) in [6.45, 7) is 3.40. The van der Waals surface area contributed by atoms with E-state index in [0.29, 0.717) is 19.1 Å². The molecule has 21 heavy (non-hydrogen) atoms. The average Bonchev–Trinajstić information content (AvgIpc) is 2.84. The Kier molecular flexibility index (Phi) is 3.77. The number of aromatic nitrogens is 2. The normalized spacial score (nSPS) is 10.9. The third kappa shape index (κ3) is 2.70. The Bertz CT molecular complexity index is 734. The second-order valence-corrected chi connectivity index (χ2v) is 4.92. The highest BCUT2D eigenvalue weighted by Crippen LogP contribution is 2.22. The van der Waals surface area contributed by atoms with Crippen molar-refractivity contribution in [3.8, 4) is 5.75 Å². The number of fused-ring (bicyclic) bond motifs is 1. The third-order valence-electron chi connectivity index (χ3n) is 3.59. The van der Waals surface area contributed by atoms with Crippen molar-refractivity contribution in [2.75, 3.05) is 12.3 Å². The molecule has 0 aliphatic rings. The number of nitrogens with two attached hydrogens (primary N) is 1. The maximum absolute atomic E-state index is 6.05. The molecule has 0 fully saturated rings. The summed E-state index contributed by atoms with van der Waals surface area (Å²) in [5.41, 5.74) is 9.38. The van der Waals surface area contributed by atoms with Crippen LogP contribution in [0.5, 0.6) is 5.75 Å². The van der Waals surface area contributed by atoms with Gasteiger partial charge in [-0.1, -0.05) is 37.3 Å². The zero-order valence-electron chi connectivity index (χ0n) is 12.1. The van der Waals surface area contributed by atoms with Crippen molar-refractivity contribution in [3.63, 3.8) is 0 Å². The maximum Gasteiger partial charge on any atom is 0.201 e. The van der Waals surface area contributed by atoms with Gasteiger partial charge in [0, 0.05) is 0 Å². The number of para-hydroxylation sites is 2. The molecule has 3 rings (SSSR count). The van der Waals surface area contributed by atoms with Gasteiger partial charge in [0.05, 0.1) is 17.6 Å². The lowest BCUT2D eigenvalue weighted by atomic mass is 10.1. The fourth-order valence-corrected chi connectivity index (χ4v) is 2.56. The molecule has 0 unspecified atom stereocenters. The summed E-state index contributed by atoms with van der Waals surface area (Å²) < 4.78 is 7.79. The van der Waals surface area contributed by atoms with Crippen LogP contribution in [0.3, 0.4) is 0 Å². The number of rotatable bonds is 5. The fourth-order valence-electron chi connectivity index (χ4n) is 2.56. The molecular formula is C17H19N3O. The Balaban J connectivity index is 1.82. The Morgan fingerprint density at radius 1 is 1.10 bits per heavy atom. The molecule has 108 valence electrons. The van der Waals surface area contributed by atoms with Crippen LogP contribution in [-0.2, 0) is 13.0 Å². The van der Waals surface area contributed by atoms with Crippen molar-refractivity contribution in [2.24, 2.45) is 0 Å². The molecule has 0 amide bonds. The highest BCUT2D eigenvalue weighted by atomic mass is 16.5. The molecule has 1 heterocycles. The van der Waals surface area contributed by atoms with E-state index in [0.717, 1.165) is 23.2 Å². The second kappa shape index (κ2) is 5.87. The first-order chi connectivity index (χ1) is 10.3. The molecule has 0 aliphatic heterocycles. The first kappa shape index (κ1) is 13.5. The van der Waals surface area contributed by atoms with Gasteiger partial charge < -0.3 is 15.0 Å². The molecule has 0 bridgehead atoms.